The van der Waals surface area contributed by atoms with Crippen molar-refractivity contribution in [1.29, 1.82) is 0 Å². The summed E-state index contributed by atoms with van der Waals surface area (Å²) in [4.78, 5) is 23.2. The lowest BCUT2D eigenvalue weighted by Crippen LogP contribution is -2.26. The topological polar surface area (TPSA) is 110 Å². The molecule has 8 nitrogen and oxygen atoms in total. The quantitative estimate of drug-likeness (QED) is 0.750. The molecule has 1 aliphatic rings. The van der Waals surface area contributed by atoms with E-state index < -0.39 is 5.97 Å². The summed E-state index contributed by atoms with van der Waals surface area (Å²) in [6, 6.07) is 5.71. The molecule has 9 heteroatoms. The van der Waals surface area contributed by atoms with Crippen molar-refractivity contribution in [2.75, 3.05) is 5.32 Å². The third kappa shape index (κ3) is 2.24. The second-order valence-electron chi connectivity index (χ2n) is 5.68. The van der Waals surface area contributed by atoms with E-state index in [4.69, 9.17) is 5.11 Å². The molecule has 3 aromatic rings. The number of aryl methyl sites for hydroxylation is 1. The monoisotopic (exact) mass is 343 g/mol. The number of benzene rings is 1. The van der Waals surface area contributed by atoms with Crippen LogP contribution in [-0.4, -0.2) is 35.5 Å². The van der Waals surface area contributed by atoms with Gasteiger partial charge in [-0.3, -0.25) is 9.59 Å². The van der Waals surface area contributed by atoms with Gasteiger partial charge in [-0.25, -0.2) is 4.68 Å². The summed E-state index contributed by atoms with van der Waals surface area (Å²) in [5, 5.41) is 16.1. The molecule has 2 N–H and O–H groups in total. The van der Waals surface area contributed by atoms with Crippen LogP contribution in [0.5, 0.6) is 0 Å². The first-order chi connectivity index (χ1) is 11.5. The number of carboxylic acid groups (broad SMARTS) is 1. The first-order valence-corrected chi connectivity index (χ1v) is 8.07. The number of aliphatic carboxylic acids is 1. The summed E-state index contributed by atoms with van der Waals surface area (Å²) in [5.74, 6) is -0.943. The first kappa shape index (κ1) is 14.8. The summed E-state index contributed by atoms with van der Waals surface area (Å²) in [5.41, 5.74) is 4.03. The van der Waals surface area contributed by atoms with E-state index in [9.17, 15) is 9.59 Å². The smallest absolute Gasteiger partial charge is 0.325 e. The number of carbonyl (C=O) groups is 2. The zero-order chi connectivity index (χ0) is 16.8. The minimum Gasteiger partial charge on any atom is -0.480 e. The van der Waals surface area contributed by atoms with Gasteiger partial charge in [0.1, 0.15) is 23.4 Å². The molecule has 2 aromatic heterocycles. The van der Waals surface area contributed by atoms with E-state index in [2.05, 4.69) is 19.2 Å². The number of rotatable bonds is 3. The van der Waals surface area contributed by atoms with Crippen molar-refractivity contribution in [2.45, 2.75) is 25.8 Å². The van der Waals surface area contributed by atoms with E-state index in [1.54, 1.807) is 0 Å². The van der Waals surface area contributed by atoms with Crippen molar-refractivity contribution in [3.63, 3.8) is 0 Å². The summed E-state index contributed by atoms with van der Waals surface area (Å²) in [6.45, 7) is 1.52. The number of amides is 1. The maximum absolute atomic E-state index is 12.2. The van der Waals surface area contributed by atoms with Crippen LogP contribution >= 0.6 is 11.7 Å². The Labute approximate surface area is 140 Å². The highest BCUT2D eigenvalue weighted by Gasteiger charge is 2.33. The second-order valence-corrected chi connectivity index (χ2v) is 6.21. The molecular formula is C15H13N5O3S. The molecule has 1 amide bonds. The molecule has 1 atom stereocenters. The van der Waals surface area contributed by atoms with E-state index in [-0.39, 0.29) is 24.8 Å². The zero-order valence-corrected chi connectivity index (χ0v) is 13.5. The average Bonchev–Trinajstić information content (AvgIpc) is 3.11. The third-order valence-electron chi connectivity index (χ3n) is 4.15. The largest absolute Gasteiger partial charge is 0.480 e. The Morgan fingerprint density at radius 2 is 2.29 bits per heavy atom. The Hall–Kier alpha value is -2.81. The Bertz CT molecular complexity index is 977. The normalized spacial score (nSPS) is 16.9. The van der Waals surface area contributed by atoms with Gasteiger partial charge in [0.05, 0.1) is 17.4 Å². The van der Waals surface area contributed by atoms with E-state index in [1.807, 2.05) is 25.1 Å². The van der Waals surface area contributed by atoms with Crippen LogP contribution in [0.3, 0.4) is 0 Å². The van der Waals surface area contributed by atoms with Crippen molar-refractivity contribution in [1.82, 2.24) is 18.5 Å². The van der Waals surface area contributed by atoms with Gasteiger partial charge in [0.15, 0.2) is 0 Å². The van der Waals surface area contributed by atoms with Crippen LogP contribution in [0.25, 0.3) is 11.0 Å². The maximum atomic E-state index is 12.2. The average molecular weight is 343 g/mol. The van der Waals surface area contributed by atoms with Gasteiger partial charge < -0.3 is 10.4 Å². The van der Waals surface area contributed by atoms with Gasteiger partial charge in [-0.15, -0.1) is 0 Å². The zero-order valence-electron chi connectivity index (χ0n) is 12.7. The molecule has 1 aliphatic heterocycles. The van der Waals surface area contributed by atoms with Crippen LogP contribution in [0.2, 0.25) is 0 Å². The minimum atomic E-state index is -1.01. The standard InChI is InChI=1S/C15H13N5O3S/c1-7-13-9(8-3-2-4-10-14(8)19-24-18-10)5-11(21)16-15(13)20(17-7)6-12(22)23/h2-4,9H,5-6H2,1H3,(H,16,21)(H,22,23)/t9-/m0/s1. The molecule has 0 radical (unpaired) electrons. The third-order valence-corrected chi connectivity index (χ3v) is 4.69. The summed E-state index contributed by atoms with van der Waals surface area (Å²) >= 11 is 1.13. The fourth-order valence-corrected chi connectivity index (χ4v) is 3.79. The van der Waals surface area contributed by atoms with Crippen LogP contribution in [0.4, 0.5) is 5.82 Å². The van der Waals surface area contributed by atoms with Crippen LogP contribution in [0.15, 0.2) is 18.2 Å². The second kappa shape index (κ2) is 5.38. The van der Waals surface area contributed by atoms with Gasteiger partial charge >= 0.3 is 5.97 Å². The van der Waals surface area contributed by atoms with Crippen LogP contribution in [0, 0.1) is 6.92 Å². The van der Waals surface area contributed by atoms with Gasteiger partial charge in [-0.1, -0.05) is 12.1 Å². The lowest BCUT2D eigenvalue weighted by atomic mass is 9.85. The molecule has 0 aliphatic carbocycles. The van der Waals surface area contributed by atoms with Crippen molar-refractivity contribution < 1.29 is 14.7 Å². The predicted octanol–water partition coefficient (Wildman–Crippen LogP) is 1.75. The van der Waals surface area contributed by atoms with E-state index in [1.165, 1.54) is 4.68 Å². The molecule has 122 valence electrons. The van der Waals surface area contributed by atoms with Crippen LogP contribution in [-0.2, 0) is 16.1 Å². The SMILES string of the molecule is Cc1nn(CC(=O)O)c2c1[C@H](c1cccc3nsnc13)CC(=O)N2. The van der Waals surface area contributed by atoms with Crippen LogP contribution in [0.1, 0.15) is 29.2 Å². The van der Waals surface area contributed by atoms with E-state index >= 15 is 0 Å². The number of fused-ring (bicyclic) bond motifs is 2. The fourth-order valence-electron chi connectivity index (χ4n) is 3.23. The number of nitrogens with one attached hydrogen (secondary N) is 1. The van der Waals surface area contributed by atoms with Gasteiger partial charge in [0.25, 0.3) is 0 Å². The number of anilines is 1. The molecule has 0 bridgehead atoms. The number of carbonyl (C=O) groups excluding carboxylic acids is 1. The predicted molar refractivity (Wildman–Crippen MR) is 87.1 cm³/mol. The van der Waals surface area contributed by atoms with Crippen molar-refractivity contribution in [2.24, 2.45) is 0 Å². The van der Waals surface area contributed by atoms with Crippen molar-refractivity contribution >= 4 is 40.5 Å². The van der Waals surface area contributed by atoms with Gasteiger partial charge in [0, 0.05) is 17.9 Å². The van der Waals surface area contributed by atoms with Crippen molar-refractivity contribution in [3.05, 3.63) is 35.0 Å². The molecular weight excluding hydrogens is 330 g/mol. The molecule has 0 spiro atoms. The Morgan fingerprint density at radius 1 is 1.46 bits per heavy atom. The molecule has 1 aromatic carbocycles. The molecule has 0 unspecified atom stereocenters. The first-order valence-electron chi connectivity index (χ1n) is 7.34. The summed E-state index contributed by atoms with van der Waals surface area (Å²) < 4.78 is 9.93. The molecule has 24 heavy (non-hydrogen) atoms. The number of hydrogen-bond acceptors (Lipinski definition) is 6. The minimum absolute atomic E-state index is 0.167. The molecule has 3 heterocycles. The highest BCUT2D eigenvalue weighted by Crippen LogP contribution is 2.41. The van der Waals surface area contributed by atoms with E-state index in [0.717, 1.165) is 33.9 Å². The van der Waals surface area contributed by atoms with E-state index in [0.29, 0.717) is 11.5 Å². The Balaban J connectivity index is 1.90. The van der Waals surface area contributed by atoms with Gasteiger partial charge in [-0.2, -0.15) is 13.8 Å². The fraction of sp³-hybridized carbons (Fsp3) is 0.267. The molecule has 0 saturated carbocycles. The van der Waals surface area contributed by atoms with Gasteiger partial charge in [-0.05, 0) is 18.6 Å². The number of carboxylic acids is 1. The number of nitrogens with zero attached hydrogens (tertiary/aromatic N) is 4. The molecule has 4 rings (SSSR count). The number of aromatic nitrogens is 4. The number of hydrogen-bond donors (Lipinski definition) is 2. The Morgan fingerprint density at radius 3 is 3.08 bits per heavy atom. The van der Waals surface area contributed by atoms with Crippen LogP contribution < -0.4 is 5.32 Å². The summed E-state index contributed by atoms with van der Waals surface area (Å²) in [6.07, 6.45) is 0.267. The highest BCUT2D eigenvalue weighted by atomic mass is 32.1. The van der Waals surface area contributed by atoms with Gasteiger partial charge in [0.2, 0.25) is 5.91 Å². The lowest BCUT2D eigenvalue weighted by molar-refractivity contribution is -0.137. The molecule has 0 saturated heterocycles. The van der Waals surface area contributed by atoms with Crippen molar-refractivity contribution in [3.8, 4) is 0 Å². The molecule has 0 fully saturated rings. The maximum Gasteiger partial charge on any atom is 0.325 e. The highest BCUT2D eigenvalue weighted by molar-refractivity contribution is 7.00. The lowest BCUT2D eigenvalue weighted by Gasteiger charge is -2.24. The Kier molecular flexibility index (Phi) is 3.31. The summed E-state index contributed by atoms with van der Waals surface area (Å²) in [7, 11) is 0.